The van der Waals surface area contributed by atoms with Crippen LogP contribution in [-0.2, 0) is 21.2 Å². The van der Waals surface area contributed by atoms with E-state index in [1.807, 2.05) is 26.0 Å². The quantitative estimate of drug-likeness (QED) is 0.812. The van der Waals surface area contributed by atoms with E-state index >= 15 is 0 Å². The van der Waals surface area contributed by atoms with Crippen LogP contribution in [0.25, 0.3) is 0 Å². The number of aryl methyl sites for hydroxylation is 1. The van der Waals surface area contributed by atoms with Crippen molar-refractivity contribution in [1.29, 1.82) is 0 Å². The maximum atomic E-state index is 12.6. The molecule has 2 N–H and O–H groups in total. The van der Waals surface area contributed by atoms with E-state index in [9.17, 15) is 8.42 Å². The Bertz CT molecular complexity index is 845. The summed E-state index contributed by atoms with van der Waals surface area (Å²) in [6.45, 7) is 3.78. The van der Waals surface area contributed by atoms with E-state index in [0.717, 1.165) is 16.8 Å². The summed E-state index contributed by atoms with van der Waals surface area (Å²) < 4.78 is 33.7. The number of fused-ring (bicyclic) bond motifs is 1. The molecule has 23 heavy (non-hydrogen) atoms. The highest BCUT2D eigenvalue weighted by atomic mass is 32.2. The van der Waals surface area contributed by atoms with Crippen LogP contribution in [-0.4, -0.2) is 19.7 Å². The second-order valence-electron chi connectivity index (χ2n) is 5.37. The fraction of sp³-hybridized carbons (Fsp3) is 0.267. The van der Waals surface area contributed by atoms with Gasteiger partial charge in [-0.1, -0.05) is 12.1 Å². The van der Waals surface area contributed by atoms with Crippen molar-refractivity contribution in [1.82, 2.24) is 0 Å². The molecule has 0 radical (unpaired) electrons. The van der Waals surface area contributed by atoms with Gasteiger partial charge in [0.05, 0.1) is 5.69 Å². The Morgan fingerprint density at radius 2 is 2.17 bits per heavy atom. The Balaban J connectivity index is 2.06. The molecule has 0 spiro atoms. The van der Waals surface area contributed by atoms with Gasteiger partial charge < -0.3 is 10.1 Å². The van der Waals surface area contributed by atoms with Gasteiger partial charge >= 0.3 is 0 Å². The van der Waals surface area contributed by atoms with Crippen LogP contribution in [0, 0.1) is 6.92 Å². The minimum atomic E-state index is -3.60. The zero-order valence-electron chi connectivity index (χ0n) is 12.6. The lowest BCUT2D eigenvalue weighted by Crippen LogP contribution is -2.17. The third-order valence-electron chi connectivity index (χ3n) is 3.55. The molecule has 5 nitrogen and oxygen atoms in total. The molecule has 1 unspecified atom stereocenters. The van der Waals surface area contributed by atoms with Crippen molar-refractivity contribution < 1.29 is 13.2 Å². The number of hydrogen-bond donors (Lipinski definition) is 2. The van der Waals surface area contributed by atoms with E-state index in [2.05, 4.69) is 10.0 Å². The van der Waals surface area contributed by atoms with Crippen molar-refractivity contribution in [2.75, 3.05) is 10.0 Å². The summed E-state index contributed by atoms with van der Waals surface area (Å²) in [5, 5.41) is 5.06. The Morgan fingerprint density at radius 1 is 1.39 bits per heavy atom. The predicted molar refractivity (Wildman–Crippen MR) is 96.8 cm³/mol. The minimum absolute atomic E-state index is 0.136. The first-order chi connectivity index (χ1) is 10.9. The summed E-state index contributed by atoms with van der Waals surface area (Å²) >= 11 is 6.31. The molecule has 0 saturated carbocycles. The summed E-state index contributed by atoms with van der Waals surface area (Å²) in [6.07, 6.45) is 0.426. The highest BCUT2D eigenvalue weighted by Crippen LogP contribution is 2.34. The lowest BCUT2D eigenvalue weighted by molar-refractivity contribution is 0.217. The smallest absolute Gasteiger partial charge is 0.271 e. The lowest BCUT2D eigenvalue weighted by atomic mass is 10.0. The number of sulfonamides is 1. The van der Waals surface area contributed by atoms with Gasteiger partial charge in [0, 0.05) is 17.7 Å². The average molecular weight is 369 g/mol. The molecular weight excluding hydrogens is 352 g/mol. The van der Waals surface area contributed by atoms with Crippen molar-refractivity contribution in [2.45, 2.75) is 30.6 Å². The van der Waals surface area contributed by atoms with Gasteiger partial charge in [0.25, 0.3) is 15.2 Å². The number of ether oxygens (including phenoxy) is 1. The van der Waals surface area contributed by atoms with Gasteiger partial charge in [0.1, 0.15) is 10.3 Å². The van der Waals surface area contributed by atoms with Crippen LogP contribution in [0.4, 0.5) is 11.4 Å². The molecule has 1 aromatic carbocycles. The van der Waals surface area contributed by atoms with Crippen LogP contribution in [0.5, 0.6) is 0 Å². The largest absolute Gasteiger partial charge is 0.467 e. The summed E-state index contributed by atoms with van der Waals surface area (Å²) in [5.41, 5.74) is 3.07. The molecule has 3 rings (SSSR count). The van der Waals surface area contributed by atoms with Crippen LogP contribution in [0.2, 0.25) is 0 Å². The topological polar surface area (TPSA) is 67.4 Å². The molecule has 2 aromatic rings. The Labute approximate surface area is 144 Å². The first-order valence-electron chi connectivity index (χ1n) is 7.03. The van der Waals surface area contributed by atoms with E-state index in [-0.39, 0.29) is 10.3 Å². The number of nitrogens with one attached hydrogen (secondary N) is 2. The normalized spacial score (nSPS) is 17.7. The van der Waals surface area contributed by atoms with Gasteiger partial charge in [0.15, 0.2) is 0 Å². The molecule has 0 aliphatic carbocycles. The van der Waals surface area contributed by atoms with Crippen molar-refractivity contribution in [3.63, 3.8) is 0 Å². The Kier molecular flexibility index (Phi) is 4.31. The van der Waals surface area contributed by atoms with E-state index in [1.165, 1.54) is 11.3 Å². The van der Waals surface area contributed by atoms with Crippen LogP contribution < -0.4 is 10.0 Å². The molecule has 0 bridgehead atoms. The molecule has 122 valence electrons. The summed E-state index contributed by atoms with van der Waals surface area (Å²) in [5.74, 6) is 0. The van der Waals surface area contributed by atoms with Gasteiger partial charge in [-0.05, 0) is 49.1 Å². The molecule has 0 saturated heterocycles. The van der Waals surface area contributed by atoms with Gasteiger partial charge in [0.2, 0.25) is 0 Å². The van der Waals surface area contributed by atoms with Crippen molar-refractivity contribution in [3.8, 4) is 0 Å². The Morgan fingerprint density at radius 3 is 2.87 bits per heavy atom. The van der Waals surface area contributed by atoms with Gasteiger partial charge in [-0.3, -0.25) is 4.72 Å². The van der Waals surface area contributed by atoms with Crippen LogP contribution in [0.3, 0.4) is 0 Å². The number of rotatable bonds is 3. The molecule has 1 aliphatic rings. The second-order valence-corrected chi connectivity index (χ2v) is 8.59. The summed E-state index contributed by atoms with van der Waals surface area (Å²) in [6, 6.07) is 7.05. The molecule has 0 amide bonds. The molecule has 0 fully saturated rings. The number of thiophene rings is 1. The van der Waals surface area contributed by atoms with E-state index in [0.29, 0.717) is 17.3 Å². The van der Waals surface area contributed by atoms with Gasteiger partial charge in [-0.15, -0.1) is 11.3 Å². The predicted octanol–water partition coefficient (Wildman–Crippen LogP) is 3.52. The number of anilines is 2. The number of benzene rings is 1. The highest BCUT2D eigenvalue weighted by molar-refractivity contribution is 7.94. The fourth-order valence-electron chi connectivity index (χ4n) is 2.49. The van der Waals surface area contributed by atoms with E-state index in [4.69, 9.17) is 17.0 Å². The van der Waals surface area contributed by atoms with Crippen LogP contribution in [0.15, 0.2) is 33.9 Å². The van der Waals surface area contributed by atoms with Crippen molar-refractivity contribution >= 4 is 50.1 Å². The highest BCUT2D eigenvalue weighted by Gasteiger charge is 2.24. The van der Waals surface area contributed by atoms with Crippen molar-refractivity contribution in [2.24, 2.45) is 0 Å². The molecule has 1 atom stereocenters. The summed E-state index contributed by atoms with van der Waals surface area (Å²) in [7, 11) is -3.60. The monoisotopic (exact) mass is 368 g/mol. The first kappa shape index (κ1) is 16.2. The zero-order valence-corrected chi connectivity index (χ0v) is 15.1. The molecular formula is C15H16N2O3S3. The Hall–Kier alpha value is -1.64. The van der Waals surface area contributed by atoms with Crippen LogP contribution >= 0.6 is 23.6 Å². The molecule has 8 heteroatoms. The third-order valence-corrected chi connectivity index (χ3v) is 6.50. The SMILES string of the molecule is Cc1ccc2c(c1NS(=O)(=O)c1cccs1)CC(C)OC(=S)N2. The standard InChI is InChI=1S/C15H16N2O3S3/c1-9-5-6-12-11(8-10(2)20-15(21)16-12)14(9)17-23(18,19)13-4-3-7-22-13/h3-7,10,17H,8H2,1-2H3,(H,16,21). The van der Waals surface area contributed by atoms with Crippen molar-refractivity contribution in [3.05, 3.63) is 40.8 Å². The molecule has 2 heterocycles. The van der Waals surface area contributed by atoms with Gasteiger partial charge in [-0.25, -0.2) is 8.42 Å². The molecule has 1 aromatic heterocycles. The fourth-order valence-corrected chi connectivity index (χ4v) is 4.92. The maximum Gasteiger partial charge on any atom is 0.271 e. The van der Waals surface area contributed by atoms with E-state index < -0.39 is 10.0 Å². The van der Waals surface area contributed by atoms with Crippen LogP contribution in [0.1, 0.15) is 18.1 Å². The number of hydrogen-bond acceptors (Lipinski definition) is 5. The maximum absolute atomic E-state index is 12.6. The lowest BCUT2D eigenvalue weighted by Gasteiger charge is -2.17. The number of thiocarbonyl (C=S) groups is 1. The first-order valence-corrected chi connectivity index (χ1v) is 9.80. The van der Waals surface area contributed by atoms with E-state index in [1.54, 1.807) is 17.5 Å². The average Bonchev–Trinajstić information content (AvgIpc) is 2.96. The minimum Gasteiger partial charge on any atom is -0.467 e. The second kappa shape index (κ2) is 6.10. The van der Waals surface area contributed by atoms with Gasteiger partial charge in [-0.2, -0.15) is 0 Å². The zero-order chi connectivity index (χ0) is 16.6. The molecule has 1 aliphatic heterocycles. The third kappa shape index (κ3) is 3.34. The summed E-state index contributed by atoms with van der Waals surface area (Å²) in [4.78, 5) is 0.